The Labute approximate surface area is 80.2 Å². The molecule has 0 aliphatic carbocycles. The predicted molar refractivity (Wildman–Crippen MR) is 47.7 cm³/mol. The summed E-state index contributed by atoms with van der Waals surface area (Å²) in [6, 6.07) is 3.30. The maximum Gasteiger partial charge on any atom is 0.264 e. The molecule has 0 saturated heterocycles. The summed E-state index contributed by atoms with van der Waals surface area (Å²) in [5.74, 6) is -0.567. The van der Waals surface area contributed by atoms with Crippen molar-refractivity contribution in [2.24, 2.45) is 0 Å². The van der Waals surface area contributed by atoms with E-state index in [4.69, 9.17) is 5.11 Å². The molecule has 0 aromatic heterocycles. The summed E-state index contributed by atoms with van der Waals surface area (Å²) in [7, 11) is 0. The Kier molecular flexibility index (Phi) is 3.17. The fourth-order valence-electron chi connectivity index (χ4n) is 1.17. The molecule has 0 atom stereocenters. The van der Waals surface area contributed by atoms with E-state index in [0.717, 1.165) is 18.2 Å². The van der Waals surface area contributed by atoms with Crippen LogP contribution in [0.15, 0.2) is 18.2 Å². The number of benzene rings is 1. The molecule has 1 aromatic rings. The van der Waals surface area contributed by atoms with Crippen LogP contribution in [0.1, 0.15) is 35.7 Å². The van der Waals surface area contributed by atoms with E-state index in [9.17, 15) is 13.6 Å². The number of hydrogen-bond donors (Lipinski definition) is 1. The summed E-state index contributed by atoms with van der Waals surface area (Å²) in [5, 5.41) is 9.07. The van der Waals surface area contributed by atoms with Gasteiger partial charge in [0.05, 0.1) is 0 Å². The van der Waals surface area contributed by atoms with Crippen molar-refractivity contribution in [3.63, 3.8) is 0 Å². The van der Waals surface area contributed by atoms with Gasteiger partial charge in [0.25, 0.3) is 6.43 Å². The molecule has 0 radical (unpaired) electrons. The van der Waals surface area contributed by atoms with E-state index >= 15 is 0 Å². The normalized spacial score (nSPS) is 10.6. The van der Waals surface area contributed by atoms with E-state index in [1.807, 2.05) is 0 Å². The number of carbonyl (C=O) groups excluding carboxylic acids is 1. The number of aromatic hydroxyl groups is 1. The highest BCUT2D eigenvalue weighted by Gasteiger charge is 2.17. The molecule has 0 fully saturated rings. The van der Waals surface area contributed by atoms with Gasteiger partial charge in [-0.25, -0.2) is 8.78 Å². The lowest BCUT2D eigenvalue weighted by molar-refractivity contribution is 0.0973. The van der Waals surface area contributed by atoms with Crippen molar-refractivity contribution in [1.29, 1.82) is 0 Å². The number of alkyl halides is 2. The Balaban J connectivity index is 3.22. The van der Waals surface area contributed by atoms with E-state index in [1.165, 1.54) is 0 Å². The molecule has 0 amide bonds. The first kappa shape index (κ1) is 10.6. The molecule has 2 nitrogen and oxygen atoms in total. The van der Waals surface area contributed by atoms with Gasteiger partial charge in [0.2, 0.25) is 0 Å². The highest BCUT2D eigenvalue weighted by atomic mass is 19.3. The number of Topliss-reactive ketones (excluding diaryl/α,β-unsaturated/α-hetero) is 1. The lowest BCUT2D eigenvalue weighted by Gasteiger charge is -2.06. The SMILES string of the molecule is CCC(=O)c1cc(O)ccc1C(F)F. The smallest absolute Gasteiger partial charge is 0.264 e. The van der Waals surface area contributed by atoms with Crippen LogP contribution in [0.25, 0.3) is 0 Å². The zero-order valence-corrected chi connectivity index (χ0v) is 7.63. The van der Waals surface area contributed by atoms with Gasteiger partial charge in [-0.15, -0.1) is 0 Å². The monoisotopic (exact) mass is 200 g/mol. The lowest BCUT2D eigenvalue weighted by Crippen LogP contribution is -2.02. The molecular formula is C10H10F2O2. The fraction of sp³-hybridized carbons (Fsp3) is 0.300. The van der Waals surface area contributed by atoms with Crippen molar-refractivity contribution in [3.8, 4) is 5.75 Å². The van der Waals surface area contributed by atoms with Crippen LogP contribution in [0.2, 0.25) is 0 Å². The number of carbonyl (C=O) groups is 1. The van der Waals surface area contributed by atoms with Crippen molar-refractivity contribution in [1.82, 2.24) is 0 Å². The van der Waals surface area contributed by atoms with Crippen molar-refractivity contribution < 1.29 is 18.7 Å². The summed E-state index contributed by atoms with van der Waals surface area (Å²) in [5.41, 5.74) is -0.419. The largest absolute Gasteiger partial charge is 0.508 e. The van der Waals surface area contributed by atoms with Crippen LogP contribution >= 0.6 is 0 Å². The first-order valence-corrected chi connectivity index (χ1v) is 4.20. The molecule has 0 bridgehead atoms. The number of hydrogen-bond acceptors (Lipinski definition) is 2. The maximum absolute atomic E-state index is 12.4. The molecule has 0 spiro atoms. The molecule has 76 valence electrons. The van der Waals surface area contributed by atoms with Crippen molar-refractivity contribution in [2.45, 2.75) is 19.8 Å². The molecule has 0 aliphatic rings. The Hall–Kier alpha value is -1.45. The number of rotatable bonds is 3. The van der Waals surface area contributed by atoms with Gasteiger partial charge in [-0.3, -0.25) is 4.79 Å². The van der Waals surface area contributed by atoms with Crippen molar-refractivity contribution >= 4 is 5.78 Å². The second-order valence-electron chi connectivity index (χ2n) is 2.85. The van der Waals surface area contributed by atoms with Crippen LogP contribution in [0.5, 0.6) is 5.75 Å². The Morgan fingerprint density at radius 1 is 1.50 bits per heavy atom. The van der Waals surface area contributed by atoms with Crippen LogP contribution in [0, 0.1) is 0 Å². The highest BCUT2D eigenvalue weighted by molar-refractivity contribution is 5.97. The first-order valence-electron chi connectivity index (χ1n) is 4.20. The average Bonchev–Trinajstić information content (AvgIpc) is 2.16. The molecule has 0 unspecified atom stereocenters. The van der Waals surface area contributed by atoms with Crippen LogP contribution < -0.4 is 0 Å². The number of halogens is 2. The van der Waals surface area contributed by atoms with Crippen molar-refractivity contribution in [3.05, 3.63) is 29.3 Å². The third-order valence-corrected chi connectivity index (χ3v) is 1.89. The Morgan fingerprint density at radius 3 is 2.64 bits per heavy atom. The van der Waals surface area contributed by atoms with E-state index in [0.29, 0.717) is 0 Å². The molecule has 1 N–H and O–H groups in total. The number of ketones is 1. The molecule has 14 heavy (non-hydrogen) atoms. The van der Waals surface area contributed by atoms with Crippen molar-refractivity contribution in [2.75, 3.05) is 0 Å². The van der Waals surface area contributed by atoms with Crippen LogP contribution in [0.3, 0.4) is 0 Å². The van der Waals surface area contributed by atoms with Gasteiger partial charge in [0.1, 0.15) is 5.75 Å². The third kappa shape index (κ3) is 2.07. The first-order chi connectivity index (χ1) is 6.56. The van der Waals surface area contributed by atoms with Gasteiger partial charge >= 0.3 is 0 Å². The highest BCUT2D eigenvalue weighted by Crippen LogP contribution is 2.26. The lowest BCUT2D eigenvalue weighted by atomic mass is 10.0. The van der Waals surface area contributed by atoms with Gasteiger partial charge in [-0.2, -0.15) is 0 Å². The molecule has 0 saturated carbocycles. The Bertz CT molecular complexity index is 348. The molecule has 4 heteroatoms. The number of phenols is 1. The molecule has 0 heterocycles. The summed E-state index contributed by atoms with van der Waals surface area (Å²) < 4.78 is 24.8. The van der Waals surface area contributed by atoms with Crippen LogP contribution in [-0.2, 0) is 0 Å². The summed E-state index contributed by atoms with van der Waals surface area (Å²) in [6.45, 7) is 1.58. The average molecular weight is 200 g/mol. The van der Waals surface area contributed by atoms with E-state index in [-0.39, 0.29) is 23.3 Å². The van der Waals surface area contributed by atoms with Gasteiger partial charge in [0, 0.05) is 17.5 Å². The van der Waals surface area contributed by atoms with Gasteiger partial charge in [0.15, 0.2) is 5.78 Å². The third-order valence-electron chi connectivity index (χ3n) is 1.89. The van der Waals surface area contributed by atoms with Gasteiger partial charge < -0.3 is 5.11 Å². The van der Waals surface area contributed by atoms with E-state index < -0.39 is 12.2 Å². The second-order valence-corrected chi connectivity index (χ2v) is 2.85. The quantitative estimate of drug-likeness (QED) is 0.761. The molecule has 1 rings (SSSR count). The summed E-state index contributed by atoms with van der Waals surface area (Å²) in [6.07, 6.45) is -2.55. The molecular weight excluding hydrogens is 190 g/mol. The van der Waals surface area contributed by atoms with E-state index in [2.05, 4.69) is 0 Å². The topological polar surface area (TPSA) is 37.3 Å². The van der Waals surface area contributed by atoms with Gasteiger partial charge in [-0.1, -0.05) is 6.92 Å². The number of phenolic OH excluding ortho intramolecular Hbond substituents is 1. The second kappa shape index (κ2) is 4.17. The zero-order chi connectivity index (χ0) is 10.7. The minimum absolute atomic E-state index is 0.0949. The van der Waals surface area contributed by atoms with Crippen LogP contribution in [0.4, 0.5) is 8.78 Å². The minimum atomic E-state index is -2.69. The fourth-order valence-corrected chi connectivity index (χ4v) is 1.17. The summed E-state index contributed by atoms with van der Waals surface area (Å²) in [4.78, 5) is 11.2. The Morgan fingerprint density at radius 2 is 2.14 bits per heavy atom. The molecule has 0 aliphatic heterocycles. The molecule has 1 aromatic carbocycles. The van der Waals surface area contributed by atoms with E-state index in [1.54, 1.807) is 6.92 Å². The predicted octanol–water partition coefficient (Wildman–Crippen LogP) is 2.92. The maximum atomic E-state index is 12.4. The zero-order valence-electron chi connectivity index (χ0n) is 7.63. The van der Waals surface area contributed by atoms with Crippen LogP contribution in [-0.4, -0.2) is 10.9 Å². The minimum Gasteiger partial charge on any atom is -0.508 e. The summed E-state index contributed by atoms with van der Waals surface area (Å²) >= 11 is 0. The van der Waals surface area contributed by atoms with Gasteiger partial charge in [-0.05, 0) is 18.2 Å². The standard InChI is InChI=1S/C10H10F2O2/c1-2-9(14)8-5-6(13)3-4-7(8)10(11)12/h3-5,10,13H,2H2,1H3.